The van der Waals surface area contributed by atoms with E-state index in [1.165, 1.54) is 6.92 Å². The summed E-state index contributed by atoms with van der Waals surface area (Å²) in [5.74, 6) is -1.27. The number of nitrogens with two attached hydrogens (primary N) is 1. The van der Waals surface area contributed by atoms with Crippen LogP contribution in [0.15, 0.2) is 6.07 Å². The second-order valence-electron chi connectivity index (χ2n) is 3.97. The zero-order valence-corrected chi connectivity index (χ0v) is 11.2. The van der Waals surface area contributed by atoms with Gasteiger partial charge >= 0.3 is 6.18 Å². The summed E-state index contributed by atoms with van der Waals surface area (Å²) in [6, 6.07) is 0.666. The Bertz CT molecular complexity index is 490. The molecule has 0 aliphatic heterocycles. The Labute approximate surface area is 114 Å². The van der Waals surface area contributed by atoms with Crippen molar-refractivity contribution in [3.63, 3.8) is 0 Å². The summed E-state index contributed by atoms with van der Waals surface area (Å²) in [7, 11) is 0. The molecule has 20 heavy (non-hydrogen) atoms. The van der Waals surface area contributed by atoms with Crippen molar-refractivity contribution in [1.82, 2.24) is 10.3 Å². The first kappa shape index (κ1) is 16.1. The third-order valence-corrected chi connectivity index (χ3v) is 2.35. The van der Waals surface area contributed by atoms with E-state index in [1.54, 1.807) is 0 Å². The highest BCUT2D eigenvalue weighted by atomic mass is 19.4. The number of nitrogens with zero attached hydrogens (tertiary/aromatic N) is 1. The Morgan fingerprint density at radius 1 is 1.45 bits per heavy atom. The number of alkyl halides is 3. The van der Waals surface area contributed by atoms with Crippen molar-refractivity contribution in [1.29, 1.82) is 0 Å². The van der Waals surface area contributed by atoms with Crippen molar-refractivity contribution >= 4 is 11.6 Å². The lowest BCUT2D eigenvalue weighted by molar-refractivity contribution is -0.139. The molecule has 112 valence electrons. The molecule has 1 amide bonds. The zero-order valence-electron chi connectivity index (χ0n) is 11.2. The molecule has 0 spiro atoms. The van der Waals surface area contributed by atoms with Crippen LogP contribution >= 0.6 is 0 Å². The molecule has 0 fully saturated rings. The Kier molecular flexibility index (Phi) is 5.18. The van der Waals surface area contributed by atoms with E-state index in [1.807, 2.05) is 6.92 Å². The normalized spacial score (nSPS) is 11.2. The molecule has 1 aromatic heterocycles. The highest BCUT2D eigenvalue weighted by molar-refractivity contribution is 5.97. The lowest BCUT2D eigenvalue weighted by Crippen LogP contribution is -2.27. The number of pyridine rings is 1. The number of amides is 1. The van der Waals surface area contributed by atoms with Gasteiger partial charge in [-0.15, -0.1) is 0 Å². The molecule has 0 radical (unpaired) electrons. The third kappa shape index (κ3) is 3.75. The summed E-state index contributed by atoms with van der Waals surface area (Å²) in [6.45, 7) is 3.74. The first-order valence-corrected chi connectivity index (χ1v) is 6.09. The number of ether oxygens (including phenoxy) is 1. The summed E-state index contributed by atoms with van der Waals surface area (Å²) >= 11 is 0. The number of hydrogen-bond acceptors (Lipinski definition) is 4. The van der Waals surface area contributed by atoms with Crippen molar-refractivity contribution in [2.75, 3.05) is 18.9 Å². The van der Waals surface area contributed by atoms with Gasteiger partial charge in [-0.1, -0.05) is 6.92 Å². The van der Waals surface area contributed by atoms with Crippen LogP contribution in [-0.2, 0) is 6.18 Å². The summed E-state index contributed by atoms with van der Waals surface area (Å²) < 4.78 is 43.3. The van der Waals surface area contributed by atoms with Crippen molar-refractivity contribution < 1.29 is 22.7 Å². The number of carbonyl (C=O) groups excluding carboxylic acids is 1. The second-order valence-corrected chi connectivity index (χ2v) is 3.97. The fourth-order valence-corrected chi connectivity index (χ4v) is 1.47. The maximum absolute atomic E-state index is 12.8. The smallest absolute Gasteiger partial charge is 0.421 e. The van der Waals surface area contributed by atoms with Gasteiger partial charge in [0.1, 0.15) is 5.56 Å². The third-order valence-electron chi connectivity index (χ3n) is 2.35. The SMILES string of the molecule is CCCNC(=O)c1nc(OCC)c(C(F)(F)F)cc1N. The van der Waals surface area contributed by atoms with Crippen LogP contribution in [0.3, 0.4) is 0 Å². The number of rotatable bonds is 5. The van der Waals surface area contributed by atoms with Gasteiger partial charge in [-0.3, -0.25) is 4.79 Å². The van der Waals surface area contributed by atoms with Crippen LogP contribution in [0.25, 0.3) is 0 Å². The quantitative estimate of drug-likeness (QED) is 0.872. The van der Waals surface area contributed by atoms with Crippen LogP contribution in [0.2, 0.25) is 0 Å². The molecule has 0 aromatic carbocycles. The second kappa shape index (κ2) is 6.44. The molecule has 5 nitrogen and oxygen atoms in total. The van der Waals surface area contributed by atoms with Crippen molar-refractivity contribution in [2.45, 2.75) is 26.4 Å². The van der Waals surface area contributed by atoms with E-state index in [4.69, 9.17) is 10.5 Å². The number of halogens is 3. The highest BCUT2D eigenvalue weighted by Crippen LogP contribution is 2.37. The average Bonchev–Trinajstić information content (AvgIpc) is 2.36. The fraction of sp³-hybridized carbons (Fsp3) is 0.500. The minimum absolute atomic E-state index is 0.00395. The van der Waals surface area contributed by atoms with Gasteiger partial charge in [-0.25, -0.2) is 4.98 Å². The Balaban J connectivity index is 3.22. The van der Waals surface area contributed by atoms with Crippen LogP contribution < -0.4 is 15.8 Å². The molecule has 1 rings (SSSR count). The molecule has 0 saturated heterocycles. The van der Waals surface area contributed by atoms with Gasteiger partial charge in [0.25, 0.3) is 5.91 Å². The lowest BCUT2D eigenvalue weighted by Gasteiger charge is -2.15. The fourth-order valence-electron chi connectivity index (χ4n) is 1.47. The Morgan fingerprint density at radius 2 is 2.10 bits per heavy atom. The number of hydrogen-bond donors (Lipinski definition) is 2. The largest absolute Gasteiger partial charge is 0.478 e. The Morgan fingerprint density at radius 3 is 2.60 bits per heavy atom. The van der Waals surface area contributed by atoms with Gasteiger partial charge in [0.05, 0.1) is 12.3 Å². The summed E-state index contributed by atoms with van der Waals surface area (Å²) in [5.41, 5.74) is 3.78. The van der Waals surface area contributed by atoms with Crippen molar-refractivity contribution in [2.24, 2.45) is 0 Å². The first-order chi connectivity index (χ1) is 9.31. The molecule has 1 aromatic rings. The molecular formula is C12H16F3N3O2. The minimum atomic E-state index is -4.65. The van der Waals surface area contributed by atoms with Gasteiger partial charge in [0.2, 0.25) is 5.88 Å². The average molecular weight is 291 g/mol. The molecule has 0 bridgehead atoms. The van der Waals surface area contributed by atoms with E-state index in [2.05, 4.69) is 10.3 Å². The zero-order chi connectivity index (χ0) is 15.3. The molecule has 0 unspecified atom stereocenters. The number of aromatic nitrogens is 1. The van der Waals surface area contributed by atoms with E-state index in [0.29, 0.717) is 19.0 Å². The van der Waals surface area contributed by atoms with Crippen LogP contribution in [0.5, 0.6) is 5.88 Å². The minimum Gasteiger partial charge on any atom is -0.478 e. The monoisotopic (exact) mass is 291 g/mol. The van der Waals surface area contributed by atoms with Gasteiger partial charge in [0.15, 0.2) is 5.69 Å². The van der Waals surface area contributed by atoms with E-state index in [-0.39, 0.29) is 18.0 Å². The Hall–Kier alpha value is -1.99. The first-order valence-electron chi connectivity index (χ1n) is 6.09. The lowest BCUT2D eigenvalue weighted by atomic mass is 10.2. The molecule has 0 aliphatic carbocycles. The molecule has 8 heteroatoms. The van der Waals surface area contributed by atoms with Crippen LogP contribution in [0.4, 0.5) is 18.9 Å². The number of carbonyl (C=O) groups is 1. The van der Waals surface area contributed by atoms with E-state index < -0.39 is 23.5 Å². The van der Waals surface area contributed by atoms with Crippen LogP contribution in [0.1, 0.15) is 36.3 Å². The molecule has 0 aliphatic rings. The molecule has 0 saturated carbocycles. The molecule has 3 N–H and O–H groups in total. The van der Waals surface area contributed by atoms with Crippen LogP contribution in [-0.4, -0.2) is 24.0 Å². The van der Waals surface area contributed by atoms with E-state index in [9.17, 15) is 18.0 Å². The summed E-state index contributed by atoms with van der Waals surface area (Å²) in [6.07, 6.45) is -3.96. The molecule has 1 heterocycles. The van der Waals surface area contributed by atoms with Crippen LogP contribution in [0, 0.1) is 0 Å². The number of nitrogens with one attached hydrogen (secondary N) is 1. The number of nitrogen functional groups attached to an aromatic ring is 1. The molecule has 0 atom stereocenters. The maximum atomic E-state index is 12.8. The van der Waals surface area contributed by atoms with Gasteiger partial charge < -0.3 is 15.8 Å². The number of anilines is 1. The summed E-state index contributed by atoms with van der Waals surface area (Å²) in [4.78, 5) is 15.4. The van der Waals surface area contributed by atoms with Crippen molar-refractivity contribution in [3.8, 4) is 5.88 Å². The van der Waals surface area contributed by atoms with Gasteiger partial charge in [0, 0.05) is 6.54 Å². The van der Waals surface area contributed by atoms with Gasteiger partial charge in [-0.2, -0.15) is 13.2 Å². The molecular weight excluding hydrogens is 275 g/mol. The maximum Gasteiger partial charge on any atom is 0.421 e. The highest BCUT2D eigenvalue weighted by Gasteiger charge is 2.36. The summed E-state index contributed by atoms with van der Waals surface area (Å²) in [5, 5.41) is 2.50. The van der Waals surface area contributed by atoms with E-state index in [0.717, 1.165) is 0 Å². The van der Waals surface area contributed by atoms with E-state index >= 15 is 0 Å². The topological polar surface area (TPSA) is 77.2 Å². The standard InChI is InChI=1S/C12H16F3N3O2/c1-3-5-17-10(19)9-8(16)6-7(12(13,14)15)11(18-9)20-4-2/h6H,3-5,16H2,1-2H3,(H,17,19). The predicted octanol–water partition coefficient (Wildman–Crippen LogP) is 2.22. The van der Waals surface area contributed by atoms with Gasteiger partial charge in [-0.05, 0) is 19.4 Å². The predicted molar refractivity (Wildman–Crippen MR) is 67.4 cm³/mol. The van der Waals surface area contributed by atoms with Crippen molar-refractivity contribution in [3.05, 3.63) is 17.3 Å².